The van der Waals surface area contributed by atoms with Gasteiger partial charge in [0.15, 0.2) is 0 Å². The van der Waals surface area contributed by atoms with Crippen molar-refractivity contribution in [3.8, 4) is 0 Å². The van der Waals surface area contributed by atoms with Gasteiger partial charge in [-0.15, -0.1) is 23.5 Å². The second-order valence-corrected chi connectivity index (χ2v) is 24.9. The Hall–Kier alpha value is -9.81. The van der Waals surface area contributed by atoms with E-state index >= 15 is 0 Å². The first-order valence-corrected chi connectivity index (χ1v) is 33.8. The highest BCUT2D eigenvalue weighted by molar-refractivity contribution is 7.99. The highest BCUT2D eigenvalue weighted by Crippen LogP contribution is 2.34. The van der Waals surface area contributed by atoms with Gasteiger partial charge in [-0.25, -0.2) is 14.4 Å². The van der Waals surface area contributed by atoms with E-state index in [0.717, 1.165) is 21.5 Å². The molecule has 0 aliphatic heterocycles. The molecular weight excluding hydrogens is 1340 g/mol. The van der Waals surface area contributed by atoms with E-state index < -0.39 is 171 Å². The molecule has 2 aromatic heterocycles. The number of unbranched alkanes of at least 4 members (excludes halogenated alkanes) is 2. The Labute approximate surface area is 577 Å². The summed E-state index contributed by atoms with van der Waals surface area (Å²) >= 11 is 2.65. The van der Waals surface area contributed by atoms with E-state index in [0.29, 0.717) is 34.4 Å². The molecule has 2 heterocycles. The first-order valence-electron chi connectivity index (χ1n) is 31.8. The molecule has 99 heavy (non-hydrogen) atoms. The Morgan fingerprint density at radius 1 is 0.404 bits per heavy atom. The van der Waals surface area contributed by atoms with E-state index in [1.807, 2.05) is 48.5 Å². The highest BCUT2D eigenvalue weighted by atomic mass is 32.2. The van der Waals surface area contributed by atoms with Crippen molar-refractivity contribution in [1.29, 1.82) is 0 Å². The molecule has 4 aromatic rings. The number of hydrogen-bond acceptors (Lipinski definition) is 19. The Morgan fingerprint density at radius 2 is 0.768 bits per heavy atom. The molecule has 17 N–H and O–H groups in total. The maximum absolute atomic E-state index is 13.5. The molecule has 0 bridgehead atoms. The van der Waals surface area contributed by atoms with Gasteiger partial charge in [-0.2, -0.15) is 0 Å². The molecule has 12 amide bonds. The molecule has 36 heteroatoms. The van der Waals surface area contributed by atoms with Gasteiger partial charge in [0.25, 0.3) is 0 Å². The summed E-state index contributed by atoms with van der Waals surface area (Å²) in [6, 6.07) is 6.07. The second kappa shape index (κ2) is 42.8. The number of nitrogens with zero attached hydrogens (tertiary/aromatic N) is 2. The summed E-state index contributed by atoms with van der Waals surface area (Å²) in [5.74, 6) is -12.2. The summed E-state index contributed by atoms with van der Waals surface area (Å²) in [5, 5.41) is 81.9. The number of aliphatic hydroxyl groups is 2. The lowest BCUT2D eigenvalue weighted by Gasteiger charge is -2.22. The number of carboxylic acid groups (broad SMARTS) is 3. The van der Waals surface area contributed by atoms with Crippen LogP contribution in [0.25, 0.3) is 21.5 Å². The number of carbonyl (C=O) groups is 15. The molecule has 2 aromatic carbocycles. The fraction of sp³-hybridized carbons (Fsp3) is 0.508. The first-order chi connectivity index (χ1) is 47.1. The maximum atomic E-state index is 13.5. The minimum absolute atomic E-state index is 0.0218. The Balaban J connectivity index is 1.09. The molecule has 542 valence electrons. The van der Waals surface area contributed by atoms with E-state index in [4.69, 9.17) is 0 Å². The van der Waals surface area contributed by atoms with Crippen molar-refractivity contribution in [2.45, 2.75) is 144 Å². The predicted molar refractivity (Wildman–Crippen MR) is 360 cm³/mol. The van der Waals surface area contributed by atoms with Gasteiger partial charge in [-0.05, 0) is 72.1 Å². The number of amides is 12. The quantitative estimate of drug-likeness (QED) is 0.0168. The van der Waals surface area contributed by atoms with Gasteiger partial charge < -0.3 is 98.5 Å². The third-order valence-corrected chi connectivity index (χ3v) is 17.2. The fourth-order valence-electron chi connectivity index (χ4n) is 9.60. The van der Waals surface area contributed by atoms with Crippen LogP contribution >= 0.6 is 23.5 Å². The number of aromatic nitrogens is 2. The zero-order chi connectivity index (χ0) is 73.1. The molecule has 4 rings (SSSR count). The van der Waals surface area contributed by atoms with Crippen LogP contribution in [0.5, 0.6) is 0 Å². The zero-order valence-electron chi connectivity index (χ0n) is 55.2. The summed E-state index contributed by atoms with van der Waals surface area (Å²) in [7, 11) is 0. The van der Waals surface area contributed by atoms with Gasteiger partial charge in [-0.3, -0.25) is 57.5 Å². The summed E-state index contributed by atoms with van der Waals surface area (Å²) in [5.41, 5.74) is 0. The average Bonchev–Trinajstić information content (AvgIpc) is 1.65. The Morgan fingerprint density at radius 3 is 1.17 bits per heavy atom. The van der Waals surface area contributed by atoms with E-state index in [2.05, 4.69) is 63.8 Å². The minimum Gasteiger partial charge on any atom is -0.480 e. The van der Waals surface area contributed by atoms with Crippen molar-refractivity contribution in [1.82, 2.24) is 72.9 Å². The van der Waals surface area contributed by atoms with Crippen LogP contribution in [0.3, 0.4) is 0 Å². The number of hydrogen-bond donors (Lipinski definition) is 17. The van der Waals surface area contributed by atoms with Gasteiger partial charge >= 0.3 is 17.9 Å². The molecule has 0 aliphatic carbocycles. The molecular formula is C63H88N14O20S2. The van der Waals surface area contributed by atoms with E-state index in [1.165, 1.54) is 37.4 Å². The smallest absolute Gasteiger partial charge is 0.326 e. The number of benzene rings is 2. The topological polar surface area (TPSA) is 511 Å². The second-order valence-electron chi connectivity index (χ2n) is 22.7. The van der Waals surface area contributed by atoms with Crippen LogP contribution in [-0.2, 0) is 71.9 Å². The van der Waals surface area contributed by atoms with Gasteiger partial charge in [0.1, 0.15) is 42.3 Å². The Bertz CT molecular complexity index is 3510. The van der Waals surface area contributed by atoms with Gasteiger partial charge in [0.05, 0.1) is 56.0 Å². The predicted octanol–water partition coefficient (Wildman–Crippen LogP) is -1.98. The number of aliphatic carboxylic acids is 3. The van der Waals surface area contributed by atoms with Crippen molar-refractivity contribution in [2.75, 3.05) is 70.5 Å². The lowest BCUT2D eigenvalue weighted by Crippen LogP contribution is -2.53. The number of thioether (sulfide) groups is 2. The van der Waals surface area contributed by atoms with Crippen molar-refractivity contribution in [3.63, 3.8) is 0 Å². The monoisotopic (exact) mass is 1420 g/mol. The molecule has 7 atom stereocenters. The molecule has 0 fully saturated rings. The SMILES string of the molecule is CC(=O)NCCCCC(NC(=O)CCC(NC(=O)C(C)n1cc2ccccc2c1SCCO)C(=O)O)C(=O)NC(C)C(=O)NCC(=O)NCC(=O)NCC(=O)NCC(=O)NCC(=O)NCCCCC(NC(=O)CCC(NC(=O)C(C)n1cc2ccccc2c1SCCO)C(=O)O)C(=O)O. The molecule has 7 unspecified atom stereocenters. The first kappa shape index (κ1) is 81.6. The lowest BCUT2D eigenvalue weighted by atomic mass is 10.1. The summed E-state index contributed by atoms with van der Waals surface area (Å²) < 4.78 is 3.36. The number of aliphatic hydroxyl groups excluding tert-OH is 2. The third kappa shape index (κ3) is 28.7. The summed E-state index contributed by atoms with van der Waals surface area (Å²) in [6.45, 7) is 2.80. The van der Waals surface area contributed by atoms with E-state index in [9.17, 15) is 97.5 Å². The zero-order valence-corrected chi connectivity index (χ0v) is 56.9. The van der Waals surface area contributed by atoms with Gasteiger partial charge in [0, 0.05) is 78.3 Å². The molecule has 34 nitrogen and oxygen atoms in total. The number of carboxylic acids is 3. The minimum atomic E-state index is -1.51. The van der Waals surface area contributed by atoms with Gasteiger partial charge in [-0.1, -0.05) is 48.5 Å². The molecule has 0 saturated carbocycles. The number of nitrogens with one attached hydrogen (secondary N) is 12. The number of carbonyl (C=O) groups excluding carboxylic acids is 12. The van der Waals surface area contributed by atoms with Crippen molar-refractivity contribution in [2.24, 2.45) is 0 Å². The Kier molecular flexibility index (Phi) is 35.3. The lowest BCUT2D eigenvalue weighted by molar-refractivity contribution is -0.143. The van der Waals surface area contributed by atoms with Crippen molar-refractivity contribution < 1.29 is 97.5 Å². The van der Waals surface area contributed by atoms with Crippen LogP contribution in [0.4, 0.5) is 0 Å². The normalized spacial score (nSPS) is 13.1. The van der Waals surface area contributed by atoms with Crippen molar-refractivity contribution in [3.05, 3.63) is 60.9 Å². The molecule has 0 aliphatic rings. The summed E-state index contributed by atoms with van der Waals surface area (Å²) in [4.78, 5) is 189. The molecule has 0 saturated heterocycles. The maximum Gasteiger partial charge on any atom is 0.326 e. The van der Waals surface area contributed by atoms with Gasteiger partial charge in [0.2, 0.25) is 70.9 Å². The number of fused-ring (bicyclic) bond motifs is 2. The fourth-order valence-corrected chi connectivity index (χ4v) is 11.6. The largest absolute Gasteiger partial charge is 0.480 e. The van der Waals surface area contributed by atoms with Crippen LogP contribution in [0.15, 0.2) is 71.0 Å². The van der Waals surface area contributed by atoms with Crippen LogP contribution in [-0.4, -0.2) is 224 Å². The highest BCUT2D eigenvalue weighted by Gasteiger charge is 2.31. The van der Waals surface area contributed by atoms with Crippen LogP contribution in [0.2, 0.25) is 0 Å². The molecule has 0 spiro atoms. The van der Waals surface area contributed by atoms with Crippen LogP contribution < -0.4 is 63.8 Å². The summed E-state index contributed by atoms with van der Waals surface area (Å²) in [6.07, 6.45) is 3.01. The van der Waals surface area contributed by atoms with E-state index in [1.54, 1.807) is 35.4 Å². The molecule has 0 radical (unpaired) electrons. The van der Waals surface area contributed by atoms with Crippen molar-refractivity contribution >= 4 is 134 Å². The third-order valence-electron chi connectivity index (χ3n) is 15.0. The van der Waals surface area contributed by atoms with Crippen LogP contribution in [0.1, 0.15) is 104 Å². The standard InChI is InChI=1S/C63H88N14O20S2/c1-36(71-58(91)44(17-9-11-23-64-39(4)80)72-48(81)21-19-46(62(94)95)74-56(89)37(2)76-34-40-13-5-7-15-42(40)59(76)98-27-25-78)55(88)70-33-54(87)69-32-53(86)68-31-52(85)67-30-51(84)66-29-50(83)65-24-12-10-18-45(61(92)93)73-49(82)22-20-47(63(96)97)75-57(90)38(3)77-35-41-14-6-8-16-43(41)60(77)99-28-26-79/h5-8,13-16,34-38,44-47,78-79H,9-12,17-33H2,1-4H3,(H,64,80)(H,65,83)(H,66,84)(H,67,85)(H,68,86)(H,69,87)(H,70,88)(H,71,91)(H,72,81)(H,73,82)(H,74,89)(H,75,90)(H,92,93)(H,94,95)(H,96,97). The number of rotatable bonds is 46. The van der Waals surface area contributed by atoms with Crippen LogP contribution in [0, 0.1) is 0 Å². The average molecular weight is 1430 g/mol. The van der Waals surface area contributed by atoms with E-state index in [-0.39, 0.29) is 70.7 Å².